The minimum atomic E-state index is -0.430. The lowest BCUT2D eigenvalue weighted by atomic mass is 10.3. The molecule has 1 aromatic rings. The van der Waals surface area contributed by atoms with Crippen LogP contribution in [-0.4, -0.2) is 61.1 Å². The zero-order chi connectivity index (χ0) is 16.8. The highest BCUT2D eigenvalue weighted by molar-refractivity contribution is 6.32. The van der Waals surface area contributed by atoms with Crippen molar-refractivity contribution in [3.05, 3.63) is 29.0 Å². The fourth-order valence-corrected chi connectivity index (χ4v) is 2.47. The molecule has 1 N–H and O–H groups in total. The molecule has 0 radical (unpaired) electrons. The third-order valence-corrected chi connectivity index (χ3v) is 3.84. The van der Waals surface area contributed by atoms with Crippen molar-refractivity contribution in [2.24, 2.45) is 0 Å². The highest BCUT2D eigenvalue weighted by Gasteiger charge is 2.21. The van der Waals surface area contributed by atoms with Crippen LogP contribution in [0.2, 0.25) is 5.02 Å². The first kappa shape index (κ1) is 17.3. The Morgan fingerprint density at radius 2 is 1.91 bits per heavy atom. The summed E-state index contributed by atoms with van der Waals surface area (Å²) in [6, 6.07) is 3.68. The number of hydrogen-bond acceptors (Lipinski definition) is 3. The number of piperazine rings is 1. The van der Waals surface area contributed by atoms with E-state index in [-0.39, 0.29) is 23.6 Å². The standard InChI is InChI=1S/C15H19ClFN3O3/c1-11(21)19-5-7-20(8-6-19)15(22)18-4-9-23-14-3-2-12(17)10-13(14)16/h2-3,10H,4-9H2,1H3,(H,18,22). The second kappa shape index (κ2) is 8.01. The van der Waals surface area contributed by atoms with E-state index >= 15 is 0 Å². The number of carbonyl (C=O) groups excluding carboxylic acids is 2. The number of halogens is 2. The van der Waals surface area contributed by atoms with E-state index in [0.717, 1.165) is 0 Å². The van der Waals surface area contributed by atoms with Crippen molar-refractivity contribution in [3.63, 3.8) is 0 Å². The molecule has 1 fully saturated rings. The molecule has 23 heavy (non-hydrogen) atoms. The zero-order valence-electron chi connectivity index (χ0n) is 12.8. The second-order valence-electron chi connectivity index (χ2n) is 5.15. The van der Waals surface area contributed by atoms with E-state index in [1.807, 2.05) is 0 Å². The van der Waals surface area contributed by atoms with E-state index in [1.165, 1.54) is 25.1 Å². The molecule has 126 valence electrons. The molecule has 0 aliphatic carbocycles. The van der Waals surface area contributed by atoms with Gasteiger partial charge in [-0.05, 0) is 18.2 Å². The second-order valence-corrected chi connectivity index (χ2v) is 5.56. The SMILES string of the molecule is CC(=O)N1CCN(C(=O)NCCOc2ccc(F)cc2Cl)CC1. The number of nitrogens with one attached hydrogen (secondary N) is 1. The molecule has 0 atom stereocenters. The maximum absolute atomic E-state index is 12.9. The Morgan fingerprint density at radius 3 is 2.52 bits per heavy atom. The van der Waals surface area contributed by atoms with Gasteiger partial charge in [0.25, 0.3) is 0 Å². The Labute approximate surface area is 139 Å². The molecule has 1 aliphatic rings. The van der Waals surface area contributed by atoms with Gasteiger partial charge in [0.1, 0.15) is 18.2 Å². The van der Waals surface area contributed by atoms with Crippen LogP contribution in [0.5, 0.6) is 5.75 Å². The lowest BCUT2D eigenvalue weighted by Crippen LogP contribution is -2.53. The van der Waals surface area contributed by atoms with Crippen LogP contribution in [0, 0.1) is 5.82 Å². The third-order valence-electron chi connectivity index (χ3n) is 3.54. The average Bonchev–Trinajstić information content (AvgIpc) is 2.53. The van der Waals surface area contributed by atoms with Gasteiger partial charge >= 0.3 is 6.03 Å². The largest absolute Gasteiger partial charge is 0.490 e. The Bertz CT molecular complexity index is 577. The maximum atomic E-state index is 12.9. The van der Waals surface area contributed by atoms with Crippen LogP contribution in [-0.2, 0) is 4.79 Å². The van der Waals surface area contributed by atoms with Gasteiger partial charge in [0, 0.05) is 33.1 Å². The fraction of sp³-hybridized carbons (Fsp3) is 0.467. The van der Waals surface area contributed by atoms with Crippen LogP contribution in [0.15, 0.2) is 18.2 Å². The van der Waals surface area contributed by atoms with E-state index in [1.54, 1.807) is 9.80 Å². The van der Waals surface area contributed by atoms with Gasteiger partial charge in [0.15, 0.2) is 0 Å². The number of benzene rings is 1. The van der Waals surface area contributed by atoms with Crippen molar-refractivity contribution in [2.75, 3.05) is 39.3 Å². The van der Waals surface area contributed by atoms with Gasteiger partial charge in [-0.3, -0.25) is 4.79 Å². The number of amides is 3. The molecule has 1 aromatic carbocycles. The highest BCUT2D eigenvalue weighted by Crippen LogP contribution is 2.24. The number of hydrogen-bond donors (Lipinski definition) is 1. The molecule has 1 heterocycles. The Kier molecular flexibility index (Phi) is 6.04. The smallest absolute Gasteiger partial charge is 0.317 e. The normalized spacial score (nSPS) is 14.6. The summed E-state index contributed by atoms with van der Waals surface area (Å²) >= 11 is 5.84. The van der Waals surface area contributed by atoms with Crippen LogP contribution >= 0.6 is 11.6 Å². The van der Waals surface area contributed by atoms with Crippen LogP contribution in [0.4, 0.5) is 9.18 Å². The van der Waals surface area contributed by atoms with Gasteiger partial charge in [-0.1, -0.05) is 11.6 Å². The minimum absolute atomic E-state index is 0.0228. The van der Waals surface area contributed by atoms with Gasteiger partial charge in [-0.15, -0.1) is 0 Å². The fourth-order valence-electron chi connectivity index (χ4n) is 2.25. The number of urea groups is 1. The predicted molar refractivity (Wildman–Crippen MR) is 84.1 cm³/mol. The van der Waals surface area contributed by atoms with Gasteiger partial charge in [0.2, 0.25) is 5.91 Å². The molecule has 0 aromatic heterocycles. The topological polar surface area (TPSA) is 61.9 Å². The Balaban J connectivity index is 1.68. The van der Waals surface area contributed by atoms with Crippen molar-refractivity contribution in [1.29, 1.82) is 0 Å². The van der Waals surface area contributed by atoms with Gasteiger partial charge in [-0.25, -0.2) is 9.18 Å². The van der Waals surface area contributed by atoms with Crippen molar-refractivity contribution < 1.29 is 18.7 Å². The zero-order valence-corrected chi connectivity index (χ0v) is 13.6. The van der Waals surface area contributed by atoms with Crippen LogP contribution in [0.25, 0.3) is 0 Å². The summed E-state index contributed by atoms with van der Waals surface area (Å²) in [6.07, 6.45) is 0. The Morgan fingerprint density at radius 1 is 1.26 bits per heavy atom. The first-order chi connectivity index (χ1) is 11.0. The van der Waals surface area contributed by atoms with Crippen molar-refractivity contribution in [3.8, 4) is 5.75 Å². The van der Waals surface area contributed by atoms with Gasteiger partial charge < -0.3 is 19.9 Å². The van der Waals surface area contributed by atoms with E-state index in [9.17, 15) is 14.0 Å². The van der Waals surface area contributed by atoms with E-state index < -0.39 is 5.82 Å². The number of ether oxygens (including phenoxy) is 1. The first-order valence-corrected chi connectivity index (χ1v) is 7.71. The lowest BCUT2D eigenvalue weighted by Gasteiger charge is -2.34. The summed E-state index contributed by atoms with van der Waals surface area (Å²) in [5.41, 5.74) is 0. The van der Waals surface area contributed by atoms with E-state index in [0.29, 0.717) is 38.5 Å². The average molecular weight is 344 g/mol. The molecule has 6 nitrogen and oxygen atoms in total. The number of rotatable bonds is 4. The molecule has 0 bridgehead atoms. The molecule has 0 spiro atoms. The van der Waals surface area contributed by atoms with E-state index in [2.05, 4.69) is 5.32 Å². The molecule has 1 aliphatic heterocycles. The predicted octanol–water partition coefficient (Wildman–Crippen LogP) is 1.73. The minimum Gasteiger partial charge on any atom is -0.490 e. The monoisotopic (exact) mass is 343 g/mol. The Hall–Kier alpha value is -2.02. The third kappa shape index (κ3) is 4.99. The quantitative estimate of drug-likeness (QED) is 0.847. The summed E-state index contributed by atoms with van der Waals surface area (Å²) in [5, 5.41) is 2.93. The van der Waals surface area contributed by atoms with Gasteiger partial charge in [-0.2, -0.15) is 0 Å². The van der Waals surface area contributed by atoms with Crippen molar-refractivity contribution in [2.45, 2.75) is 6.92 Å². The number of carbonyl (C=O) groups is 2. The molecular weight excluding hydrogens is 325 g/mol. The lowest BCUT2D eigenvalue weighted by molar-refractivity contribution is -0.130. The molecule has 3 amide bonds. The molecule has 0 unspecified atom stereocenters. The van der Waals surface area contributed by atoms with Crippen molar-refractivity contribution in [1.82, 2.24) is 15.1 Å². The molecule has 8 heteroatoms. The van der Waals surface area contributed by atoms with E-state index in [4.69, 9.17) is 16.3 Å². The molecule has 1 saturated heterocycles. The maximum Gasteiger partial charge on any atom is 0.317 e. The molecule has 2 rings (SSSR count). The highest BCUT2D eigenvalue weighted by atomic mass is 35.5. The number of nitrogens with zero attached hydrogens (tertiary/aromatic N) is 2. The summed E-state index contributed by atoms with van der Waals surface area (Å²) in [5.74, 6) is -0.0348. The van der Waals surface area contributed by atoms with Crippen LogP contribution in [0.3, 0.4) is 0 Å². The van der Waals surface area contributed by atoms with Gasteiger partial charge in [0.05, 0.1) is 11.6 Å². The summed E-state index contributed by atoms with van der Waals surface area (Å²) in [4.78, 5) is 26.6. The summed E-state index contributed by atoms with van der Waals surface area (Å²) < 4.78 is 18.3. The van der Waals surface area contributed by atoms with Crippen LogP contribution in [0.1, 0.15) is 6.92 Å². The molecular formula is C15H19ClFN3O3. The molecule has 0 saturated carbocycles. The summed E-state index contributed by atoms with van der Waals surface area (Å²) in [6.45, 7) is 4.17. The summed E-state index contributed by atoms with van der Waals surface area (Å²) in [7, 11) is 0. The van der Waals surface area contributed by atoms with Crippen LogP contribution < -0.4 is 10.1 Å². The van der Waals surface area contributed by atoms with Crippen molar-refractivity contribution >= 4 is 23.5 Å². The first-order valence-electron chi connectivity index (χ1n) is 7.33.